The number of nitrogens with one attached hydrogen (secondary N) is 1. The number of nitrogens with zero attached hydrogens (tertiary/aromatic N) is 1. The maximum absolute atomic E-state index is 12.3. The molecule has 0 aliphatic carbocycles. The molecule has 0 atom stereocenters. The van der Waals surface area contributed by atoms with Gasteiger partial charge in [-0.05, 0) is 42.3 Å². The van der Waals surface area contributed by atoms with Crippen LogP contribution >= 0.6 is 11.3 Å². The van der Waals surface area contributed by atoms with Crippen LogP contribution in [0.25, 0.3) is 10.2 Å². The highest BCUT2D eigenvalue weighted by atomic mass is 32.1. The highest BCUT2D eigenvalue weighted by molar-refractivity contribution is 7.16. The Balaban J connectivity index is 1.84. The number of aromatic nitrogens is 1. The Hall–Kier alpha value is -2.20. The van der Waals surface area contributed by atoms with Crippen molar-refractivity contribution in [3.63, 3.8) is 0 Å². The number of thiazole rings is 1. The number of hydrogen-bond acceptors (Lipinski definition) is 3. The van der Waals surface area contributed by atoms with E-state index in [1.807, 2.05) is 30.3 Å². The van der Waals surface area contributed by atoms with Crippen LogP contribution in [0.2, 0.25) is 0 Å². The highest BCUT2D eigenvalue weighted by Gasteiger charge is 2.08. The summed E-state index contributed by atoms with van der Waals surface area (Å²) < 4.78 is 1.03. The van der Waals surface area contributed by atoms with Crippen molar-refractivity contribution in [2.24, 2.45) is 0 Å². The zero-order valence-corrected chi connectivity index (χ0v) is 11.9. The third-order valence-electron chi connectivity index (χ3n) is 3.19. The molecule has 3 rings (SSSR count). The summed E-state index contributed by atoms with van der Waals surface area (Å²) in [7, 11) is 0. The van der Waals surface area contributed by atoms with Gasteiger partial charge in [-0.3, -0.25) is 4.79 Å². The Kier molecular flexibility index (Phi) is 3.48. The molecule has 3 nitrogen and oxygen atoms in total. The normalized spacial score (nSPS) is 10.7. The minimum absolute atomic E-state index is 0.0893. The zero-order chi connectivity index (χ0) is 13.9. The predicted octanol–water partition coefficient (Wildman–Crippen LogP) is 4.11. The molecule has 1 aromatic heterocycles. The molecule has 1 amide bonds. The van der Waals surface area contributed by atoms with Crippen molar-refractivity contribution < 1.29 is 4.79 Å². The average Bonchev–Trinajstić information content (AvgIpc) is 2.94. The largest absolute Gasteiger partial charge is 0.322 e. The summed E-state index contributed by atoms with van der Waals surface area (Å²) >= 11 is 1.54. The fourth-order valence-corrected chi connectivity index (χ4v) is 2.78. The lowest BCUT2D eigenvalue weighted by Crippen LogP contribution is -2.11. The molecule has 0 radical (unpaired) electrons. The smallest absolute Gasteiger partial charge is 0.255 e. The van der Waals surface area contributed by atoms with Gasteiger partial charge in [0.15, 0.2) is 0 Å². The van der Waals surface area contributed by atoms with E-state index in [-0.39, 0.29) is 5.91 Å². The van der Waals surface area contributed by atoms with Gasteiger partial charge in [0.1, 0.15) is 0 Å². The third kappa shape index (κ3) is 2.56. The molecular weight excluding hydrogens is 268 g/mol. The van der Waals surface area contributed by atoms with Crippen LogP contribution in [-0.4, -0.2) is 10.9 Å². The van der Waals surface area contributed by atoms with Crippen molar-refractivity contribution in [3.8, 4) is 0 Å². The summed E-state index contributed by atoms with van der Waals surface area (Å²) in [5.74, 6) is -0.0893. The molecule has 4 heteroatoms. The van der Waals surface area contributed by atoms with Crippen LogP contribution in [0.15, 0.2) is 48.0 Å². The summed E-state index contributed by atoms with van der Waals surface area (Å²) in [4.78, 5) is 16.5. The van der Waals surface area contributed by atoms with Crippen molar-refractivity contribution >= 4 is 33.1 Å². The van der Waals surface area contributed by atoms with Gasteiger partial charge in [-0.25, -0.2) is 4.98 Å². The molecule has 0 fully saturated rings. The van der Waals surface area contributed by atoms with Crippen LogP contribution in [0.4, 0.5) is 5.69 Å². The van der Waals surface area contributed by atoms with E-state index in [2.05, 4.69) is 23.3 Å². The quantitative estimate of drug-likeness (QED) is 0.785. The van der Waals surface area contributed by atoms with Gasteiger partial charge in [0.05, 0.1) is 15.7 Å². The minimum atomic E-state index is -0.0893. The molecule has 1 N–H and O–H groups in total. The summed E-state index contributed by atoms with van der Waals surface area (Å²) in [6.45, 7) is 2.10. The van der Waals surface area contributed by atoms with Gasteiger partial charge in [0.2, 0.25) is 0 Å². The standard InChI is InChI=1S/C16H14N2OS/c1-2-11-4-3-5-13(8-11)18-16(19)12-6-7-14-15(9-12)20-10-17-14/h3-10H,2H2,1H3,(H,18,19). The van der Waals surface area contributed by atoms with E-state index in [4.69, 9.17) is 0 Å². The fourth-order valence-electron chi connectivity index (χ4n) is 2.07. The summed E-state index contributed by atoms with van der Waals surface area (Å²) in [5, 5.41) is 2.94. The lowest BCUT2D eigenvalue weighted by molar-refractivity contribution is 0.102. The number of rotatable bonds is 3. The SMILES string of the molecule is CCc1cccc(NC(=O)c2ccc3ncsc3c2)c1. The number of benzene rings is 2. The molecule has 3 aromatic rings. The Morgan fingerprint density at radius 1 is 1.25 bits per heavy atom. The van der Waals surface area contributed by atoms with Crippen molar-refractivity contribution in [1.29, 1.82) is 0 Å². The van der Waals surface area contributed by atoms with E-state index in [1.165, 1.54) is 5.56 Å². The maximum Gasteiger partial charge on any atom is 0.255 e. The second-order valence-corrected chi connectivity index (χ2v) is 5.43. The van der Waals surface area contributed by atoms with E-state index in [9.17, 15) is 4.79 Å². The van der Waals surface area contributed by atoms with Gasteiger partial charge in [0, 0.05) is 11.3 Å². The Morgan fingerprint density at radius 2 is 2.15 bits per heavy atom. The molecular formula is C16H14N2OS. The Morgan fingerprint density at radius 3 is 3.00 bits per heavy atom. The first-order valence-corrected chi connectivity index (χ1v) is 7.38. The van der Waals surface area contributed by atoms with Crippen molar-refractivity contribution in [3.05, 3.63) is 59.1 Å². The van der Waals surface area contributed by atoms with Crippen molar-refractivity contribution in [1.82, 2.24) is 4.98 Å². The summed E-state index contributed by atoms with van der Waals surface area (Å²) in [5.41, 5.74) is 5.42. The molecule has 0 bridgehead atoms. The summed E-state index contributed by atoms with van der Waals surface area (Å²) in [6, 6.07) is 13.5. The van der Waals surface area contributed by atoms with Crippen LogP contribution < -0.4 is 5.32 Å². The van der Waals surface area contributed by atoms with Crippen LogP contribution in [0, 0.1) is 0 Å². The maximum atomic E-state index is 12.3. The van der Waals surface area contributed by atoms with E-state index in [0.717, 1.165) is 22.3 Å². The number of carbonyl (C=O) groups excluding carboxylic acids is 1. The molecule has 0 saturated carbocycles. The number of fused-ring (bicyclic) bond motifs is 1. The van der Waals surface area contributed by atoms with Crippen molar-refractivity contribution in [2.75, 3.05) is 5.32 Å². The van der Waals surface area contributed by atoms with Gasteiger partial charge in [-0.15, -0.1) is 11.3 Å². The fraction of sp³-hybridized carbons (Fsp3) is 0.125. The third-order valence-corrected chi connectivity index (χ3v) is 3.98. The predicted molar refractivity (Wildman–Crippen MR) is 83.4 cm³/mol. The minimum Gasteiger partial charge on any atom is -0.322 e. The van der Waals surface area contributed by atoms with Crippen LogP contribution in [0.5, 0.6) is 0 Å². The van der Waals surface area contributed by atoms with E-state index >= 15 is 0 Å². The second-order valence-electron chi connectivity index (χ2n) is 4.54. The first-order valence-electron chi connectivity index (χ1n) is 6.50. The zero-order valence-electron chi connectivity index (χ0n) is 11.1. The number of hydrogen-bond donors (Lipinski definition) is 1. The molecule has 0 spiro atoms. The van der Waals surface area contributed by atoms with Crippen molar-refractivity contribution in [2.45, 2.75) is 13.3 Å². The first-order chi connectivity index (χ1) is 9.76. The highest BCUT2D eigenvalue weighted by Crippen LogP contribution is 2.20. The van der Waals surface area contributed by atoms with E-state index in [0.29, 0.717) is 5.56 Å². The summed E-state index contributed by atoms with van der Waals surface area (Å²) in [6.07, 6.45) is 0.955. The number of amides is 1. The molecule has 2 aromatic carbocycles. The molecule has 0 unspecified atom stereocenters. The molecule has 0 aliphatic heterocycles. The first kappa shape index (κ1) is 12.8. The van der Waals surface area contributed by atoms with Gasteiger partial charge in [-0.2, -0.15) is 0 Å². The lowest BCUT2D eigenvalue weighted by atomic mass is 10.1. The molecule has 0 aliphatic rings. The lowest BCUT2D eigenvalue weighted by Gasteiger charge is -2.06. The Bertz CT molecular complexity index is 764. The van der Waals surface area contributed by atoms with Gasteiger partial charge in [0.25, 0.3) is 5.91 Å². The van der Waals surface area contributed by atoms with Crippen LogP contribution in [-0.2, 0) is 6.42 Å². The number of anilines is 1. The molecule has 20 heavy (non-hydrogen) atoms. The van der Waals surface area contributed by atoms with Gasteiger partial charge < -0.3 is 5.32 Å². The second kappa shape index (κ2) is 5.43. The average molecular weight is 282 g/mol. The molecule has 1 heterocycles. The molecule has 100 valence electrons. The number of carbonyl (C=O) groups is 1. The monoisotopic (exact) mass is 282 g/mol. The van der Waals surface area contributed by atoms with Gasteiger partial charge in [-0.1, -0.05) is 19.1 Å². The van der Waals surface area contributed by atoms with E-state index in [1.54, 1.807) is 22.9 Å². The van der Waals surface area contributed by atoms with Crippen LogP contribution in [0.3, 0.4) is 0 Å². The number of aryl methyl sites for hydroxylation is 1. The van der Waals surface area contributed by atoms with E-state index < -0.39 is 0 Å². The topological polar surface area (TPSA) is 42.0 Å². The van der Waals surface area contributed by atoms with Crippen LogP contribution in [0.1, 0.15) is 22.8 Å². The van der Waals surface area contributed by atoms with Gasteiger partial charge >= 0.3 is 0 Å². The molecule has 0 saturated heterocycles. The Labute approximate surface area is 121 Å².